The Morgan fingerprint density at radius 3 is 1.21 bits per heavy atom. The number of aromatic nitrogens is 2. The Hall–Kier alpha value is -3.08. The highest BCUT2D eigenvalue weighted by Crippen LogP contribution is 2.16. The average molecular weight is 477 g/mol. The highest BCUT2D eigenvalue weighted by molar-refractivity contribution is 6.30. The molecule has 0 saturated heterocycles. The molecule has 0 saturated carbocycles. The molecule has 2 heterocycles. The molecule has 0 radical (unpaired) electrons. The maximum absolute atomic E-state index is 5.93. The lowest BCUT2D eigenvalue weighted by atomic mass is 10.2. The van der Waals surface area contributed by atoms with Crippen molar-refractivity contribution in [1.82, 2.24) is 9.13 Å². The van der Waals surface area contributed by atoms with Crippen molar-refractivity contribution >= 4 is 34.6 Å². The molecule has 0 amide bonds. The monoisotopic (exact) mass is 476 g/mol. The van der Waals surface area contributed by atoms with Crippen LogP contribution in [0.25, 0.3) is 0 Å². The second-order valence-electron chi connectivity index (χ2n) is 7.83. The van der Waals surface area contributed by atoms with E-state index in [2.05, 4.69) is 43.9 Å². The Morgan fingerprint density at radius 2 is 0.848 bits per heavy atom. The Labute approximate surface area is 204 Å². The van der Waals surface area contributed by atoms with Gasteiger partial charge in [-0.2, -0.15) is 0 Å². The summed E-state index contributed by atoms with van der Waals surface area (Å²) in [6, 6.07) is 23.3. The van der Waals surface area contributed by atoms with Gasteiger partial charge in [-0.15, -0.1) is 0 Å². The fraction of sp³-hybridized carbons (Fsp3) is 0.185. The zero-order valence-corrected chi connectivity index (χ0v) is 19.8. The standard InChI is InChI=1S/C27H26Cl2N4/c28-22-4-8-24(9-5-22)30-26-12-18-32(19-13-26)16-2-1-3-17-33-20-14-27(15-21-33)31-25-10-6-23(29)7-11-25/h4-15,18-21H,1-3,16-17H2. The quantitative estimate of drug-likeness (QED) is 0.247. The average Bonchev–Trinajstić information content (AvgIpc) is 2.84. The van der Waals surface area contributed by atoms with Gasteiger partial charge in [0, 0.05) is 47.9 Å². The smallest absolute Gasteiger partial charge is 0.0666 e. The lowest BCUT2D eigenvalue weighted by Crippen LogP contribution is -2.07. The van der Waals surface area contributed by atoms with E-state index in [1.54, 1.807) is 0 Å². The first kappa shape index (κ1) is 23.1. The zero-order chi connectivity index (χ0) is 22.9. The van der Waals surface area contributed by atoms with Crippen LogP contribution in [0.15, 0.2) is 108 Å². The van der Waals surface area contributed by atoms with E-state index in [4.69, 9.17) is 23.2 Å². The van der Waals surface area contributed by atoms with Gasteiger partial charge in [-0.3, -0.25) is 0 Å². The summed E-state index contributed by atoms with van der Waals surface area (Å²) in [5.74, 6) is 0. The van der Waals surface area contributed by atoms with Crippen molar-refractivity contribution in [3.8, 4) is 0 Å². The minimum absolute atomic E-state index is 0.722. The number of nitrogens with zero attached hydrogens (tertiary/aromatic N) is 4. The van der Waals surface area contributed by atoms with Crippen LogP contribution in [0.3, 0.4) is 0 Å². The summed E-state index contributed by atoms with van der Waals surface area (Å²) < 4.78 is 4.42. The van der Waals surface area contributed by atoms with E-state index in [0.29, 0.717) is 0 Å². The molecule has 0 N–H and O–H groups in total. The summed E-state index contributed by atoms with van der Waals surface area (Å²) in [4.78, 5) is 9.23. The van der Waals surface area contributed by atoms with Crippen LogP contribution in [0.5, 0.6) is 0 Å². The number of unbranched alkanes of at least 4 members (excludes halogenated alkanes) is 2. The van der Waals surface area contributed by atoms with E-state index in [1.807, 2.05) is 72.8 Å². The second kappa shape index (κ2) is 11.7. The maximum atomic E-state index is 5.93. The number of hydrogen-bond donors (Lipinski definition) is 0. The number of benzene rings is 2. The van der Waals surface area contributed by atoms with E-state index in [9.17, 15) is 0 Å². The van der Waals surface area contributed by atoms with E-state index in [-0.39, 0.29) is 0 Å². The van der Waals surface area contributed by atoms with E-state index in [1.165, 1.54) is 6.42 Å². The first-order valence-electron chi connectivity index (χ1n) is 11.1. The fourth-order valence-electron chi connectivity index (χ4n) is 3.44. The van der Waals surface area contributed by atoms with Crippen LogP contribution < -0.4 is 10.7 Å². The molecule has 0 atom stereocenters. The maximum Gasteiger partial charge on any atom is 0.0666 e. The van der Waals surface area contributed by atoms with Gasteiger partial charge in [0.15, 0.2) is 0 Å². The van der Waals surface area contributed by atoms with Gasteiger partial charge in [0.25, 0.3) is 0 Å². The Balaban J connectivity index is 1.21. The molecule has 0 bridgehead atoms. The van der Waals surface area contributed by atoms with Crippen LogP contribution in [0.2, 0.25) is 10.0 Å². The topological polar surface area (TPSA) is 34.6 Å². The molecule has 0 unspecified atom stereocenters. The number of hydrogen-bond acceptors (Lipinski definition) is 2. The number of aryl methyl sites for hydroxylation is 2. The fourth-order valence-corrected chi connectivity index (χ4v) is 3.69. The molecule has 0 aliphatic heterocycles. The van der Waals surface area contributed by atoms with Crippen LogP contribution in [0.4, 0.5) is 11.4 Å². The van der Waals surface area contributed by atoms with Gasteiger partial charge in [0.2, 0.25) is 0 Å². The van der Waals surface area contributed by atoms with Crippen molar-refractivity contribution in [1.29, 1.82) is 0 Å². The number of halogens is 2. The molecule has 168 valence electrons. The molecule has 0 fully saturated rings. The summed E-state index contributed by atoms with van der Waals surface area (Å²) in [5.41, 5.74) is 1.81. The third-order valence-electron chi connectivity index (χ3n) is 5.25. The SMILES string of the molecule is Clc1ccc(N=c2ccn(CCCCCn3ccc(=Nc4ccc(Cl)cc4)cc3)cc2)cc1. The predicted octanol–water partition coefficient (Wildman–Crippen LogP) is 6.93. The van der Waals surface area contributed by atoms with E-state index < -0.39 is 0 Å². The summed E-state index contributed by atoms with van der Waals surface area (Å²) in [6.07, 6.45) is 11.8. The molecular formula is C27H26Cl2N4. The summed E-state index contributed by atoms with van der Waals surface area (Å²) in [7, 11) is 0. The van der Waals surface area contributed by atoms with Gasteiger partial charge in [-0.25, -0.2) is 9.98 Å². The molecule has 2 aromatic heterocycles. The van der Waals surface area contributed by atoms with Crippen molar-refractivity contribution in [2.75, 3.05) is 0 Å². The van der Waals surface area contributed by atoms with Gasteiger partial charge >= 0.3 is 0 Å². The van der Waals surface area contributed by atoms with Crippen LogP contribution >= 0.6 is 23.2 Å². The summed E-state index contributed by atoms with van der Waals surface area (Å²) in [5, 5.41) is 3.33. The zero-order valence-electron chi connectivity index (χ0n) is 18.3. The van der Waals surface area contributed by atoms with Crippen molar-refractivity contribution in [3.63, 3.8) is 0 Å². The van der Waals surface area contributed by atoms with Crippen LogP contribution in [0, 0.1) is 0 Å². The van der Waals surface area contributed by atoms with Crippen molar-refractivity contribution < 1.29 is 0 Å². The molecule has 0 aliphatic rings. The van der Waals surface area contributed by atoms with Gasteiger partial charge in [-0.1, -0.05) is 23.2 Å². The molecule has 0 spiro atoms. The van der Waals surface area contributed by atoms with Gasteiger partial charge in [0.05, 0.1) is 22.1 Å². The van der Waals surface area contributed by atoms with Gasteiger partial charge < -0.3 is 9.13 Å². The molecule has 4 nitrogen and oxygen atoms in total. The van der Waals surface area contributed by atoms with Crippen LogP contribution in [-0.4, -0.2) is 9.13 Å². The summed E-state index contributed by atoms with van der Waals surface area (Å²) >= 11 is 11.9. The molecule has 33 heavy (non-hydrogen) atoms. The molecule has 0 aliphatic carbocycles. The molecular weight excluding hydrogens is 451 g/mol. The minimum Gasteiger partial charge on any atom is -0.354 e. The Morgan fingerprint density at radius 1 is 0.485 bits per heavy atom. The highest BCUT2D eigenvalue weighted by atomic mass is 35.5. The number of pyridine rings is 2. The lowest BCUT2D eigenvalue weighted by molar-refractivity contribution is 0.542. The first-order chi connectivity index (χ1) is 16.1. The second-order valence-corrected chi connectivity index (χ2v) is 8.70. The van der Waals surface area contributed by atoms with Crippen LogP contribution in [-0.2, 0) is 13.1 Å². The minimum atomic E-state index is 0.722. The third-order valence-corrected chi connectivity index (χ3v) is 5.75. The molecule has 2 aromatic carbocycles. The Kier molecular flexibility index (Phi) is 8.18. The van der Waals surface area contributed by atoms with Crippen LogP contribution in [0.1, 0.15) is 19.3 Å². The van der Waals surface area contributed by atoms with Crippen molar-refractivity contribution in [2.45, 2.75) is 32.4 Å². The lowest BCUT2D eigenvalue weighted by Gasteiger charge is -2.08. The highest BCUT2D eigenvalue weighted by Gasteiger charge is 1.95. The third kappa shape index (κ3) is 7.48. The largest absolute Gasteiger partial charge is 0.354 e. The molecule has 4 aromatic rings. The summed E-state index contributed by atoms with van der Waals surface area (Å²) in [6.45, 7) is 2.01. The Bertz CT molecular complexity index is 1160. The normalized spacial score (nSPS) is 10.7. The molecule has 6 heteroatoms. The predicted molar refractivity (Wildman–Crippen MR) is 136 cm³/mol. The van der Waals surface area contributed by atoms with Crippen molar-refractivity contribution in [3.05, 3.63) is 118 Å². The first-order valence-corrected chi connectivity index (χ1v) is 11.8. The van der Waals surface area contributed by atoms with Crippen molar-refractivity contribution in [2.24, 2.45) is 9.98 Å². The molecule has 4 rings (SSSR count). The van der Waals surface area contributed by atoms with Gasteiger partial charge in [0.1, 0.15) is 0 Å². The van der Waals surface area contributed by atoms with E-state index >= 15 is 0 Å². The number of rotatable bonds is 8. The van der Waals surface area contributed by atoms with Gasteiger partial charge in [-0.05, 0) is 92.1 Å². The van der Waals surface area contributed by atoms with E-state index in [0.717, 1.165) is 58.1 Å².